The smallest absolute Gasteiger partial charge is 0.251 e. The van der Waals surface area contributed by atoms with Crippen molar-refractivity contribution < 1.29 is 9.90 Å². The third-order valence-corrected chi connectivity index (χ3v) is 4.87. The minimum Gasteiger partial charge on any atom is -0.396 e. The molecule has 0 aliphatic rings. The van der Waals surface area contributed by atoms with Gasteiger partial charge < -0.3 is 10.4 Å². The van der Waals surface area contributed by atoms with Crippen LogP contribution in [0.15, 0.2) is 65.8 Å². The molecule has 0 bridgehead atoms. The molecule has 142 valence electrons. The van der Waals surface area contributed by atoms with Crippen molar-refractivity contribution >= 4 is 23.4 Å². The first-order valence-electron chi connectivity index (χ1n) is 9.29. The molecule has 27 heavy (non-hydrogen) atoms. The Morgan fingerprint density at radius 3 is 2.74 bits per heavy atom. The van der Waals surface area contributed by atoms with E-state index in [9.17, 15) is 9.90 Å². The summed E-state index contributed by atoms with van der Waals surface area (Å²) in [6.07, 6.45) is 4.70. The van der Waals surface area contributed by atoms with E-state index in [-0.39, 0.29) is 12.5 Å². The number of amides is 1. The Hall–Kier alpha value is -2.72. The van der Waals surface area contributed by atoms with Crippen LogP contribution in [0.5, 0.6) is 0 Å². The molecule has 2 unspecified atom stereocenters. The van der Waals surface area contributed by atoms with Crippen molar-refractivity contribution in [3.63, 3.8) is 0 Å². The van der Waals surface area contributed by atoms with Gasteiger partial charge in [0, 0.05) is 12.2 Å². The van der Waals surface area contributed by atoms with E-state index in [0.717, 1.165) is 11.8 Å². The Balaban J connectivity index is 2.32. The van der Waals surface area contributed by atoms with Gasteiger partial charge in [0.25, 0.3) is 5.91 Å². The van der Waals surface area contributed by atoms with Crippen LogP contribution in [0.4, 0.5) is 0 Å². The van der Waals surface area contributed by atoms with E-state index in [2.05, 4.69) is 43.5 Å². The lowest BCUT2D eigenvalue weighted by Gasteiger charge is -2.19. The van der Waals surface area contributed by atoms with E-state index >= 15 is 0 Å². The second-order valence-electron chi connectivity index (χ2n) is 6.62. The SMILES string of the molecule is C=C/C=C(\N=C)C(CCO)NC(=O)c1ccc2c(C(C)CC)cccc2c1. The third-order valence-electron chi connectivity index (χ3n) is 4.87. The number of hydrogen-bond donors (Lipinski definition) is 2. The quantitative estimate of drug-likeness (QED) is 0.504. The molecule has 0 fully saturated rings. The van der Waals surface area contributed by atoms with Crippen molar-refractivity contribution in [2.75, 3.05) is 6.61 Å². The molecule has 0 aromatic heterocycles. The molecular weight excluding hydrogens is 336 g/mol. The molecule has 2 aromatic carbocycles. The zero-order valence-corrected chi connectivity index (χ0v) is 16.1. The number of rotatable bonds is 9. The van der Waals surface area contributed by atoms with Crippen molar-refractivity contribution in [3.8, 4) is 0 Å². The predicted octanol–water partition coefficient (Wildman–Crippen LogP) is 4.60. The average Bonchev–Trinajstić information content (AvgIpc) is 2.70. The number of hydrogen-bond acceptors (Lipinski definition) is 3. The van der Waals surface area contributed by atoms with Crippen LogP contribution in [0, 0.1) is 0 Å². The van der Waals surface area contributed by atoms with Crippen LogP contribution in [0.3, 0.4) is 0 Å². The highest BCUT2D eigenvalue weighted by molar-refractivity contribution is 5.99. The normalized spacial score (nSPS) is 13.8. The Bertz CT molecular complexity index is 855. The molecule has 2 atom stereocenters. The maximum absolute atomic E-state index is 12.8. The maximum atomic E-state index is 12.8. The summed E-state index contributed by atoms with van der Waals surface area (Å²) in [5.41, 5.74) is 2.45. The lowest BCUT2D eigenvalue weighted by Crippen LogP contribution is -2.36. The zero-order chi connectivity index (χ0) is 19.8. The third kappa shape index (κ3) is 4.92. The highest BCUT2D eigenvalue weighted by Crippen LogP contribution is 2.28. The van der Waals surface area contributed by atoms with E-state index in [1.807, 2.05) is 30.3 Å². The summed E-state index contributed by atoms with van der Waals surface area (Å²) < 4.78 is 0. The summed E-state index contributed by atoms with van der Waals surface area (Å²) in [7, 11) is 0. The molecule has 0 radical (unpaired) electrons. The van der Waals surface area contributed by atoms with Crippen molar-refractivity contribution in [3.05, 3.63) is 72.0 Å². The lowest BCUT2D eigenvalue weighted by atomic mass is 9.92. The number of aliphatic imine (C=N–C) groups is 1. The molecule has 0 spiro atoms. The molecule has 0 saturated carbocycles. The van der Waals surface area contributed by atoms with Gasteiger partial charge in [0.1, 0.15) is 0 Å². The fourth-order valence-electron chi connectivity index (χ4n) is 3.16. The van der Waals surface area contributed by atoms with E-state index in [1.165, 1.54) is 10.9 Å². The Kier molecular flexibility index (Phi) is 7.50. The number of fused-ring (bicyclic) bond motifs is 1. The van der Waals surface area contributed by atoms with Crippen LogP contribution >= 0.6 is 0 Å². The molecule has 0 heterocycles. The molecule has 0 aliphatic carbocycles. The summed E-state index contributed by atoms with van der Waals surface area (Å²) in [6, 6.07) is 11.6. The van der Waals surface area contributed by atoms with Crippen molar-refractivity contribution in [1.82, 2.24) is 5.32 Å². The lowest BCUT2D eigenvalue weighted by molar-refractivity contribution is 0.0937. The number of nitrogens with one attached hydrogen (secondary N) is 1. The standard InChI is InChI=1S/C23H28N2O2/c1-5-8-21(24-4)22(13-14-26)25-23(27)18-11-12-20-17(15-18)9-7-10-19(20)16(3)6-2/h5,7-12,15-16,22,26H,1,4,6,13-14H2,2-3H3,(H,25,27)/b21-8-. The number of aliphatic hydroxyl groups is 1. The number of aliphatic hydroxyl groups excluding tert-OH is 1. The van der Waals surface area contributed by atoms with Crippen molar-refractivity contribution in [1.29, 1.82) is 0 Å². The highest BCUT2D eigenvalue weighted by atomic mass is 16.3. The predicted molar refractivity (Wildman–Crippen MR) is 113 cm³/mol. The average molecular weight is 364 g/mol. The topological polar surface area (TPSA) is 61.7 Å². The maximum Gasteiger partial charge on any atom is 0.251 e. The summed E-state index contributed by atoms with van der Waals surface area (Å²) in [4.78, 5) is 16.7. The number of allylic oxidation sites excluding steroid dienone is 2. The molecular formula is C23H28N2O2. The van der Waals surface area contributed by atoms with E-state index in [0.29, 0.717) is 23.6 Å². The number of nitrogens with zero attached hydrogens (tertiary/aromatic N) is 1. The number of carbonyl (C=O) groups is 1. The zero-order valence-electron chi connectivity index (χ0n) is 16.1. The first kappa shape index (κ1) is 20.6. The van der Waals surface area contributed by atoms with E-state index in [1.54, 1.807) is 12.2 Å². The molecule has 4 heteroatoms. The summed E-state index contributed by atoms with van der Waals surface area (Å²) in [5.74, 6) is 0.260. The largest absolute Gasteiger partial charge is 0.396 e. The van der Waals surface area contributed by atoms with Gasteiger partial charge in [0.2, 0.25) is 0 Å². The number of carbonyl (C=O) groups excluding carboxylic acids is 1. The van der Waals surface area contributed by atoms with E-state index in [4.69, 9.17) is 0 Å². The summed E-state index contributed by atoms with van der Waals surface area (Å²) in [5, 5.41) is 14.5. The van der Waals surface area contributed by atoms with Gasteiger partial charge in [-0.05, 0) is 60.0 Å². The monoisotopic (exact) mass is 364 g/mol. The minimum absolute atomic E-state index is 0.0645. The van der Waals surface area contributed by atoms with Gasteiger partial charge >= 0.3 is 0 Å². The molecule has 2 aromatic rings. The van der Waals surface area contributed by atoms with Crippen molar-refractivity contribution in [2.24, 2.45) is 4.99 Å². The second kappa shape index (κ2) is 9.83. The summed E-state index contributed by atoms with van der Waals surface area (Å²) in [6.45, 7) is 11.5. The molecule has 2 N–H and O–H groups in total. The Morgan fingerprint density at radius 2 is 2.11 bits per heavy atom. The first-order chi connectivity index (χ1) is 13.0. The van der Waals surface area contributed by atoms with Gasteiger partial charge in [-0.25, -0.2) is 0 Å². The van der Waals surface area contributed by atoms with Crippen LogP contribution in [-0.4, -0.2) is 30.4 Å². The van der Waals surface area contributed by atoms with Gasteiger partial charge in [0.05, 0.1) is 11.7 Å². The second-order valence-corrected chi connectivity index (χ2v) is 6.62. The molecule has 2 rings (SSSR count). The van der Waals surface area contributed by atoms with Crippen LogP contribution in [0.1, 0.15) is 48.5 Å². The Labute approximate surface area is 161 Å². The fraction of sp³-hybridized carbons (Fsp3) is 0.304. The van der Waals surface area contributed by atoms with Gasteiger partial charge in [-0.1, -0.05) is 50.8 Å². The van der Waals surface area contributed by atoms with Crippen LogP contribution in [0.2, 0.25) is 0 Å². The Morgan fingerprint density at radius 1 is 1.33 bits per heavy atom. The number of benzene rings is 2. The molecule has 1 amide bonds. The fourth-order valence-corrected chi connectivity index (χ4v) is 3.16. The minimum atomic E-state index is -0.417. The van der Waals surface area contributed by atoms with E-state index < -0.39 is 6.04 Å². The van der Waals surface area contributed by atoms with Crippen LogP contribution < -0.4 is 5.32 Å². The van der Waals surface area contributed by atoms with Gasteiger partial charge in [-0.15, -0.1) is 0 Å². The highest BCUT2D eigenvalue weighted by Gasteiger charge is 2.17. The van der Waals surface area contributed by atoms with Gasteiger partial charge in [0.15, 0.2) is 0 Å². The van der Waals surface area contributed by atoms with Crippen LogP contribution in [0.25, 0.3) is 10.8 Å². The van der Waals surface area contributed by atoms with Crippen molar-refractivity contribution in [2.45, 2.75) is 38.6 Å². The molecule has 0 saturated heterocycles. The van der Waals surface area contributed by atoms with Gasteiger partial charge in [-0.2, -0.15) is 0 Å². The first-order valence-corrected chi connectivity index (χ1v) is 9.29. The molecule has 4 nitrogen and oxygen atoms in total. The van der Waals surface area contributed by atoms with Crippen LogP contribution in [-0.2, 0) is 0 Å². The molecule has 0 aliphatic heterocycles. The van der Waals surface area contributed by atoms with Gasteiger partial charge in [-0.3, -0.25) is 9.79 Å². The summed E-state index contributed by atoms with van der Waals surface area (Å²) >= 11 is 0.